The van der Waals surface area contributed by atoms with E-state index in [0.717, 1.165) is 29.2 Å². The van der Waals surface area contributed by atoms with Crippen LogP contribution in [0.5, 0.6) is 0 Å². The summed E-state index contributed by atoms with van der Waals surface area (Å²) in [5.74, 6) is 2.41. The molecule has 1 aliphatic heterocycles. The molecule has 1 fully saturated rings. The number of rotatable bonds is 2. The predicted octanol–water partition coefficient (Wildman–Crippen LogP) is 4.36. The van der Waals surface area contributed by atoms with Gasteiger partial charge >= 0.3 is 0 Å². The van der Waals surface area contributed by atoms with E-state index in [4.69, 9.17) is 11.6 Å². The van der Waals surface area contributed by atoms with Gasteiger partial charge in [-0.05, 0) is 35.9 Å². The smallest absolute Gasteiger partial charge is 0.0484 e. The van der Waals surface area contributed by atoms with Crippen LogP contribution in [0.25, 0.3) is 11.1 Å². The molecule has 2 aromatic rings. The topological polar surface area (TPSA) is 3.24 Å². The van der Waals surface area contributed by atoms with E-state index in [1.165, 1.54) is 17.2 Å². The quantitative estimate of drug-likeness (QED) is 0.808. The Morgan fingerprint density at radius 1 is 1.11 bits per heavy atom. The standard InChI is InChI=1S/C16H15ClNS/c17-16-7-2-1-6-15(16)13-4-3-5-14(12-13)18-8-10-19-11-9-18/h1-2,4-7,12H,8-11H2. The van der Waals surface area contributed by atoms with Crippen LogP contribution in [0.15, 0.2) is 42.5 Å². The van der Waals surface area contributed by atoms with Crippen molar-refractivity contribution in [1.29, 1.82) is 0 Å². The van der Waals surface area contributed by atoms with E-state index >= 15 is 0 Å². The Balaban J connectivity index is 1.93. The Morgan fingerprint density at radius 3 is 2.68 bits per heavy atom. The summed E-state index contributed by atoms with van der Waals surface area (Å²) < 4.78 is 0. The van der Waals surface area contributed by atoms with Gasteiger partial charge in [0.25, 0.3) is 0 Å². The first-order valence-corrected chi connectivity index (χ1v) is 7.96. The average molecular weight is 289 g/mol. The molecule has 0 aliphatic carbocycles. The number of hydrogen-bond acceptors (Lipinski definition) is 2. The summed E-state index contributed by atoms with van der Waals surface area (Å²) in [6, 6.07) is 17.5. The molecule has 1 nitrogen and oxygen atoms in total. The van der Waals surface area contributed by atoms with Gasteiger partial charge < -0.3 is 4.90 Å². The second-order valence-corrected chi connectivity index (χ2v) is 6.19. The first-order valence-electron chi connectivity index (χ1n) is 6.43. The first-order chi connectivity index (χ1) is 9.34. The third-order valence-electron chi connectivity index (χ3n) is 3.33. The van der Waals surface area contributed by atoms with Gasteiger partial charge in [-0.2, -0.15) is 11.8 Å². The number of halogens is 1. The van der Waals surface area contributed by atoms with Crippen LogP contribution in [0.2, 0.25) is 5.02 Å². The van der Waals surface area contributed by atoms with E-state index in [2.05, 4.69) is 29.2 Å². The normalized spacial score (nSPS) is 15.5. The fourth-order valence-electron chi connectivity index (χ4n) is 2.31. The van der Waals surface area contributed by atoms with Gasteiger partial charge in [-0.25, -0.2) is 0 Å². The van der Waals surface area contributed by atoms with Gasteiger partial charge in [-0.3, -0.25) is 0 Å². The maximum absolute atomic E-state index is 6.27. The van der Waals surface area contributed by atoms with Gasteiger partial charge in [-0.1, -0.05) is 29.8 Å². The molecular formula is C16H15ClNS. The van der Waals surface area contributed by atoms with Crippen molar-refractivity contribution in [2.45, 2.75) is 0 Å². The fourth-order valence-corrected chi connectivity index (χ4v) is 3.46. The molecule has 2 aromatic carbocycles. The minimum absolute atomic E-state index is 0.794. The minimum atomic E-state index is 0.794. The lowest BCUT2D eigenvalue weighted by molar-refractivity contribution is 0.859. The van der Waals surface area contributed by atoms with Crippen molar-refractivity contribution >= 4 is 29.1 Å². The van der Waals surface area contributed by atoms with Crippen LogP contribution >= 0.6 is 23.4 Å². The van der Waals surface area contributed by atoms with Crippen molar-refractivity contribution in [2.75, 3.05) is 29.5 Å². The summed E-state index contributed by atoms with van der Waals surface area (Å²) in [6.07, 6.45) is 0. The van der Waals surface area contributed by atoms with E-state index in [1.807, 2.05) is 36.0 Å². The number of hydrogen-bond donors (Lipinski definition) is 0. The van der Waals surface area contributed by atoms with E-state index in [1.54, 1.807) is 0 Å². The molecular weight excluding hydrogens is 274 g/mol. The number of anilines is 1. The monoisotopic (exact) mass is 288 g/mol. The second-order valence-electron chi connectivity index (χ2n) is 4.56. The molecule has 0 aromatic heterocycles. The lowest BCUT2D eigenvalue weighted by Crippen LogP contribution is -2.32. The van der Waals surface area contributed by atoms with Crippen LogP contribution in [0.3, 0.4) is 0 Å². The highest BCUT2D eigenvalue weighted by Gasteiger charge is 2.12. The molecule has 1 radical (unpaired) electrons. The Morgan fingerprint density at radius 2 is 1.89 bits per heavy atom. The van der Waals surface area contributed by atoms with Crippen molar-refractivity contribution < 1.29 is 0 Å². The fraction of sp³-hybridized carbons (Fsp3) is 0.250. The maximum Gasteiger partial charge on any atom is 0.0484 e. The summed E-state index contributed by atoms with van der Waals surface area (Å²) >= 11 is 8.29. The Hall–Kier alpha value is -1.12. The lowest BCUT2D eigenvalue weighted by atomic mass is 10.0. The minimum Gasteiger partial charge on any atom is -0.370 e. The lowest BCUT2D eigenvalue weighted by Gasteiger charge is -2.28. The van der Waals surface area contributed by atoms with Gasteiger partial charge in [0, 0.05) is 40.9 Å². The van der Waals surface area contributed by atoms with Gasteiger partial charge in [0.2, 0.25) is 0 Å². The molecule has 3 rings (SSSR count). The molecule has 19 heavy (non-hydrogen) atoms. The molecule has 97 valence electrons. The largest absolute Gasteiger partial charge is 0.370 e. The molecule has 3 heteroatoms. The van der Waals surface area contributed by atoms with E-state index in [9.17, 15) is 0 Å². The summed E-state index contributed by atoms with van der Waals surface area (Å²) in [7, 11) is 0. The van der Waals surface area contributed by atoms with Crippen molar-refractivity contribution in [1.82, 2.24) is 0 Å². The van der Waals surface area contributed by atoms with Gasteiger partial charge in [0.05, 0.1) is 0 Å². The molecule has 0 bridgehead atoms. The highest BCUT2D eigenvalue weighted by Crippen LogP contribution is 2.30. The highest BCUT2D eigenvalue weighted by atomic mass is 35.5. The molecule has 0 saturated carbocycles. The molecule has 1 heterocycles. The third-order valence-corrected chi connectivity index (χ3v) is 4.61. The summed E-state index contributed by atoms with van der Waals surface area (Å²) in [5, 5.41) is 0.794. The van der Waals surface area contributed by atoms with Crippen LogP contribution in [0, 0.1) is 6.07 Å². The molecule has 0 atom stereocenters. The summed E-state index contributed by atoms with van der Waals surface area (Å²) in [6.45, 7) is 2.23. The summed E-state index contributed by atoms with van der Waals surface area (Å²) in [5.41, 5.74) is 3.47. The van der Waals surface area contributed by atoms with Crippen LogP contribution in [-0.4, -0.2) is 24.6 Å². The maximum atomic E-state index is 6.27. The Bertz CT molecular complexity index is 564. The van der Waals surface area contributed by atoms with Crippen LogP contribution in [0.1, 0.15) is 0 Å². The molecule has 0 unspecified atom stereocenters. The van der Waals surface area contributed by atoms with Crippen LogP contribution in [-0.2, 0) is 0 Å². The van der Waals surface area contributed by atoms with Gasteiger partial charge in [0.1, 0.15) is 0 Å². The second kappa shape index (κ2) is 5.89. The Labute approximate surface area is 123 Å². The number of nitrogens with zero attached hydrogens (tertiary/aromatic N) is 1. The van der Waals surface area contributed by atoms with Crippen molar-refractivity contribution in [3.05, 3.63) is 53.6 Å². The molecule has 0 amide bonds. The molecule has 1 saturated heterocycles. The zero-order chi connectivity index (χ0) is 13.1. The zero-order valence-electron chi connectivity index (χ0n) is 10.6. The zero-order valence-corrected chi connectivity index (χ0v) is 12.2. The Kier molecular flexibility index (Phi) is 4.00. The van der Waals surface area contributed by atoms with Crippen molar-refractivity contribution in [2.24, 2.45) is 0 Å². The number of thioether (sulfide) groups is 1. The van der Waals surface area contributed by atoms with Crippen molar-refractivity contribution in [3.8, 4) is 11.1 Å². The molecule has 0 N–H and O–H groups in total. The van der Waals surface area contributed by atoms with E-state index in [-0.39, 0.29) is 0 Å². The summed E-state index contributed by atoms with van der Waals surface area (Å²) in [4.78, 5) is 2.42. The van der Waals surface area contributed by atoms with Crippen molar-refractivity contribution in [3.63, 3.8) is 0 Å². The highest BCUT2D eigenvalue weighted by molar-refractivity contribution is 7.99. The average Bonchev–Trinajstić information content (AvgIpc) is 2.49. The van der Waals surface area contributed by atoms with Crippen LogP contribution in [0.4, 0.5) is 5.69 Å². The van der Waals surface area contributed by atoms with Gasteiger partial charge in [0.15, 0.2) is 0 Å². The third kappa shape index (κ3) is 2.90. The molecule has 1 aliphatic rings. The SMILES string of the molecule is Clc1ccccc1-c1c[c]cc(N2CCSCC2)c1. The predicted molar refractivity (Wildman–Crippen MR) is 85.3 cm³/mol. The first kappa shape index (κ1) is 12.9. The van der Waals surface area contributed by atoms with E-state index < -0.39 is 0 Å². The molecule has 0 spiro atoms. The van der Waals surface area contributed by atoms with E-state index in [0.29, 0.717) is 0 Å². The van der Waals surface area contributed by atoms with Gasteiger partial charge in [-0.15, -0.1) is 0 Å². The number of benzene rings is 2. The van der Waals surface area contributed by atoms with Crippen LogP contribution < -0.4 is 4.90 Å².